The molecule has 0 radical (unpaired) electrons. The minimum atomic E-state index is -0.238. The molecule has 1 atom stereocenters. The van der Waals surface area contributed by atoms with Crippen molar-refractivity contribution in [3.05, 3.63) is 46.1 Å². The Bertz CT molecular complexity index is 614. The Hall–Kier alpha value is -2.08. The van der Waals surface area contributed by atoms with Crippen LogP contribution in [0.2, 0.25) is 0 Å². The summed E-state index contributed by atoms with van der Waals surface area (Å²) in [6.45, 7) is 2.42. The monoisotopic (exact) mass is 277 g/mol. The molecule has 0 aliphatic rings. The second kappa shape index (κ2) is 6.38. The highest BCUT2D eigenvalue weighted by molar-refractivity contribution is 5.28. The van der Waals surface area contributed by atoms with Crippen molar-refractivity contribution >= 4 is 0 Å². The van der Waals surface area contributed by atoms with Gasteiger partial charge in [-0.15, -0.1) is 0 Å². The number of H-pyrrole nitrogens is 1. The van der Waals surface area contributed by atoms with Gasteiger partial charge in [0.1, 0.15) is 11.9 Å². The van der Waals surface area contributed by atoms with E-state index in [0.717, 1.165) is 17.7 Å². The Balaban J connectivity index is 2.33. The molecule has 6 nitrogen and oxygen atoms in total. The van der Waals surface area contributed by atoms with Crippen LogP contribution in [0.4, 0.5) is 0 Å². The second-order valence-corrected chi connectivity index (χ2v) is 4.46. The first-order valence-corrected chi connectivity index (χ1v) is 6.50. The van der Waals surface area contributed by atoms with E-state index in [-0.39, 0.29) is 11.8 Å². The third kappa shape index (κ3) is 2.91. The topological polar surface area (TPSA) is 69.1 Å². The van der Waals surface area contributed by atoms with Gasteiger partial charge in [-0.25, -0.2) is 9.89 Å². The highest BCUT2D eigenvalue weighted by Gasteiger charge is 2.17. The van der Waals surface area contributed by atoms with Gasteiger partial charge in [0.2, 0.25) is 0 Å². The lowest BCUT2D eigenvalue weighted by Gasteiger charge is -2.13. The Morgan fingerprint density at radius 3 is 2.85 bits per heavy atom. The van der Waals surface area contributed by atoms with E-state index in [1.54, 1.807) is 18.8 Å². The van der Waals surface area contributed by atoms with Crippen molar-refractivity contribution in [2.45, 2.75) is 26.0 Å². The summed E-state index contributed by atoms with van der Waals surface area (Å²) in [7, 11) is 3.23. The molecule has 0 aliphatic carbocycles. The number of nitrogens with one attached hydrogen (secondary N) is 1. The van der Waals surface area contributed by atoms with E-state index >= 15 is 0 Å². The van der Waals surface area contributed by atoms with Crippen LogP contribution in [0, 0.1) is 0 Å². The quantitative estimate of drug-likeness (QED) is 0.873. The van der Waals surface area contributed by atoms with Crippen molar-refractivity contribution in [2.24, 2.45) is 0 Å². The van der Waals surface area contributed by atoms with E-state index in [2.05, 4.69) is 10.2 Å². The molecule has 0 saturated carbocycles. The van der Waals surface area contributed by atoms with Crippen molar-refractivity contribution in [1.82, 2.24) is 14.8 Å². The minimum Gasteiger partial charge on any atom is -0.497 e. The van der Waals surface area contributed by atoms with Gasteiger partial charge in [-0.05, 0) is 24.1 Å². The molecule has 0 saturated heterocycles. The minimum absolute atomic E-state index is 0.195. The summed E-state index contributed by atoms with van der Waals surface area (Å²) in [4.78, 5) is 11.9. The highest BCUT2D eigenvalue weighted by atomic mass is 16.5. The van der Waals surface area contributed by atoms with Crippen LogP contribution in [0.15, 0.2) is 29.1 Å². The number of hydrogen-bond acceptors (Lipinski definition) is 4. The number of aromatic amines is 1. The van der Waals surface area contributed by atoms with Crippen LogP contribution < -0.4 is 10.4 Å². The maximum Gasteiger partial charge on any atom is 0.343 e. The highest BCUT2D eigenvalue weighted by Crippen LogP contribution is 2.18. The van der Waals surface area contributed by atoms with Gasteiger partial charge in [0.25, 0.3) is 0 Å². The Kier molecular flexibility index (Phi) is 4.57. The number of nitrogens with zero attached hydrogens (tertiary/aromatic N) is 2. The molecule has 1 N–H and O–H groups in total. The molecule has 1 heterocycles. The molecule has 2 aromatic rings. The number of rotatable bonds is 6. The van der Waals surface area contributed by atoms with Crippen molar-refractivity contribution in [2.75, 3.05) is 14.2 Å². The molecule has 0 aliphatic heterocycles. The standard InChI is InChI=1S/C14H19N3O3/c1-4-12(20-3)13-15-16-14(18)17(13)9-10-6-5-7-11(8-10)19-2/h5-8,12H,4,9H2,1-3H3,(H,16,18)/t12-/m0/s1. The van der Waals surface area contributed by atoms with Crippen molar-refractivity contribution < 1.29 is 9.47 Å². The van der Waals surface area contributed by atoms with Crippen LogP contribution in [-0.4, -0.2) is 29.0 Å². The van der Waals surface area contributed by atoms with Crippen LogP contribution in [0.5, 0.6) is 5.75 Å². The predicted molar refractivity (Wildman–Crippen MR) is 75.0 cm³/mol. The summed E-state index contributed by atoms with van der Waals surface area (Å²) in [6.07, 6.45) is 0.554. The van der Waals surface area contributed by atoms with E-state index in [0.29, 0.717) is 12.4 Å². The number of ether oxygens (including phenoxy) is 2. The van der Waals surface area contributed by atoms with Crippen LogP contribution >= 0.6 is 0 Å². The average Bonchev–Trinajstić information content (AvgIpc) is 2.82. The number of benzene rings is 1. The predicted octanol–water partition coefficient (Wildman–Crippen LogP) is 1.73. The first kappa shape index (κ1) is 14.3. The molecule has 0 unspecified atom stereocenters. The van der Waals surface area contributed by atoms with Gasteiger partial charge < -0.3 is 9.47 Å². The molecule has 20 heavy (non-hydrogen) atoms. The maximum absolute atomic E-state index is 11.9. The molecule has 1 aromatic carbocycles. The summed E-state index contributed by atoms with van der Waals surface area (Å²) < 4.78 is 12.1. The number of hydrogen-bond donors (Lipinski definition) is 1. The lowest BCUT2D eigenvalue weighted by atomic mass is 10.2. The summed E-state index contributed by atoms with van der Waals surface area (Å²) in [6, 6.07) is 7.61. The van der Waals surface area contributed by atoms with Crippen molar-refractivity contribution in [3.63, 3.8) is 0 Å². The van der Waals surface area contributed by atoms with Gasteiger partial charge in [0.15, 0.2) is 5.82 Å². The van der Waals surface area contributed by atoms with E-state index in [9.17, 15) is 4.79 Å². The van der Waals surface area contributed by atoms with Gasteiger partial charge in [0.05, 0.1) is 13.7 Å². The normalized spacial score (nSPS) is 12.3. The lowest BCUT2D eigenvalue weighted by molar-refractivity contribution is 0.0893. The molecular weight excluding hydrogens is 258 g/mol. The van der Waals surface area contributed by atoms with Gasteiger partial charge in [-0.2, -0.15) is 5.10 Å². The van der Waals surface area contributed by atoms with Crippen molar-refractivity contribution in [3.8, 4) is 5.75 Å². The molecule has 0 bridgehead atoms. The van der Waals surface area contributed by atoms with E-state index < -0.39 is 0 Å². The average molecular weight is 277 g/mol. The smallest absolute Gasteiger partial charge is 0.343 e. The number of aromatic nitrogens is 3. The SMILES string of the molecule is CC[C@H](OC)c1n[nH]c(=O)n1Cc1cccc(OC)c1. The summed E-state index contributed by atoms with van der Waals surface area (Å²) in [5, 5.41) is 6.55. The number of methoxy groups -OCH3 is 2. The zero-order chi connectivity index (χ0) is 14.5. The molecule has 108 valence electrons. The second-order valence-electron chi connectivity index (χ2n) is 4.46. The van der Waals surface area contributed by atoms with E-state index in [1.807, 2.05) is 31.2 Å². The molecule has 6 heteroatoms. The fourth-order valence-electron chi connectivity index (χ4n) is 2.14. The van der Waals surface area contributed by atoms with Crippen LogP contribution in [0.25, 0.3) is 0 Å². The van der Waals surface area contributed by atoms with E-state index in [4.69, 9.17) is 9.47 Å². The summed E-state index contributed by atoms with van der Waals surface area (Å²) >= 11 is 0. The summed E-state index contributed by atoms with van der Waals surface area (Å²) in [5.74, 6) is 1.38. The van der Waals surface area contributed by atoms with Gasteiger partial charge in [-0.1, -0.05) is 19.1 Å². The van der Waals surface area contributed by atoms with E-state index in [1.165, 1.54) is 0 Å². The van der Waals surface area contributed by atoms with Gasteiger partial charge in [-0.3, -0.25) is 4.57 Å². The first-order chi connectivity index (χ1) is 9.69. The van der Waals surface area contributed by atoms with Crippen LogP contribution in [0.1, 0.15) is 30.8 Å². The third-order valence-corrected chi connectivity index (χ3v) is 3.21. The lowest BCUT2D eigenvalue weighted by Crippen LogP contribution is -2.21. The van der Waals surface area contributed by atoms with Crippen LogP contribution in [0.3, 0.4) is 0 Å². The largest absolute Gasteiger partial charge is 0.497 e. The Morgan fingerprint density at radius 1 is 1.40 bits per heavy atom. The molecule has 0 amide bonds. The molecule has 2 rings (SSSR count). The zero-order valence-corrected chi connectivity index (χ0v) is 11.9. The molecule has 1 aromatic heterocycles. The zero-order valence-electron chi connectivity index (χ0n) is 11.9. The van der Waals surface area contributed by atoms with Gasteiger partial charge >= 0.3 is 5.69 Å². The Labute approximate surface area is 117 Å². The molecule has 0 fully saturated rings. The fourth-order valence-corrected chi connectivity index (χ4v) is 2.14. The molecule has 0 spiro atoms. The third-order valence-electron chi connectivity index (χ3n) is 3.21. The Morgan fingerprint density at radius 2 is 2.20 bits per heavy atom. The van der Waals surface area contributed by atoms with Gasteiger partial charge in [0, 0.05) is 7.11 Å². The van der Waals surface area contributed by atoms with Crippen molar-refractivity contribution in [1.29, 1.82) is 0 Å². The van der Waals surface area contributed by atoms with Crippen LogP contribution in [-0.2, 0) is 11.3 Å². The first-order valence-electron chi connectivity index (χ1n) is 6.50. The molecular formula is C14H19N3O3. The summed E-state index contributed by atoms with van der Waals surface area (Å²) in [5.41, 5.74) is 0.735. The fraction of sp³-hybridized carbons (Fsp3) is 0.429. The maximum atomic E-state index is 11.9.